The largest absolute Gasteiger partial charge is 0.378 e. The summed E-state index contributed by atoms with van der Waals surface area (Å²) in [5, 5.41) is 3.69. The fraction of sp³-hybridized carbons (Fsp3) is 0.259. The molecule has 0 saturated carbocycles. The van der Waals surface area contributed by atoms with Crippen molar-refractivity contribution in [3.8, 4) is 0 Å². The molecule has 0 radical (unpaired) electrons. The van der Waals surface area contributed by atoms with Crippen LogP contribution in [0.4, 0.5) is 11.4 Å². The van der Waals surface area contributed by atoms with Gasteiger partial charge in [0, 0.05) is 11.6 Å². The van der Waals surface area contributed by atoms with Gasteiger partial charge < -0.3 is 5.32 Å². The Balaban J connectivity index is 1.49. The van der Waals surface area contributed by atoms with Crippen molar-refractivity contribution in [3.63, 3.8) is 0 Å². The molecule has 0 unspecified atom stereocenters. The Morgan fingerprint density at radius 1 is 0.906 bits per heavy atom. The summed E-state index contributed by atoms with van der Waals surface area (Å²) in [6.07, 6.45) is 5.44. The van der Waals surface area contributed by atoms with Crippen molar-refractivity contribution in [2.24, 2.45) is 5.92 Å². The van der Waals surface area contributed by atoms with Gasteiger partial charge in [-0.1, -0.05) is 59.7 Å². The number of hydrogen-bond donors (Lipinski definition) is 2. The first kappa shape index (κ1) is 20.8. The second-order valence-electron chi connectivity index (χ2n) is 9.06. The number of aryl methyl sites for hydroxylation is 3. The summed E-state index contributed by atoms with van der Waals surface area (Å²) in [4.78, 5) is 0.297. The second-order valence-corrected chi connectivity index (χ2v) is 10.7. The molecule has 3 aromatic carbocycles. The zero-order valence-corrected chi connectivity index (χ0v) is 19.4. The van der Waals surface area contributed by atoms with E-state index in [0.29, 0.717) is 16.5 Å². The number of anilines is 2. The fourth-order valence-electron chi connectivity index (χ4n) is 4.98. The van der Waals surface area contributed by atoms with Gasteiger partial charge in [0.25, 0.3) is 10.0 Å². The average Bonchev–Trinajstić information content (AvgIpc) is 3.26. The van der Waals surface area contributed by atoms with E-state index in [-0.39, 0.29) is 12.0 Å². The third kappa shape index (κ3) is 3.71. The molecule has 1 heterocycles. The van der Waals surface area contributed by atoms with Crippen molar-refractivity contribution >= 4 is 21.4 Å². The minimum absolute atomic E-state index is 0.203. The van der Waals surface area contributed by atoms with E-state index < -0.39 is 10.0 Å². The van der Waals surface area contributed by atoms with E-state index in [0.717, 1.165) is 28.8 Å². The number of fused-ring (bicyclic) bond motifs is 3. The molecular weight excluding hydrogens is 416 g/mol. The number of sulfonamides is 1. The molecule has 1 aliphatic heterocycles. The Morgan fingerprint density at radius 3 is 2.41 bits per heavy atom. The molecule has 1 aliphatic carbocycles. The highest BCUT2D eigenvalue weighted by Crippen LogP contribution is 2.50. The molecule has 0 spiro atoms. The summed E-state index contributed by atoms with van der Waals surface area (Å²) in [5.74, 6) is 0.573. The Kier molecular flexibility index (Phi) is 5.09. The summed E-state index contributed by atoms with van der Waals surface area (Å²) in [6, 6.07) is 20.1. The van der Waals surface area contributed by atoms with Crippen LogP contribution in [0.2, 0.25) is 0 Å². The quantitative estimate of drug-likeness (QED) is 0.468. The minimum Gasteiger partial charge on any atom is -0.378 e. The SMILES string of the molecule is Cc1ccc([C@@H]2Nc3ccc(S(=O)(=O)Nc4ccc(C)cc4C)cc3[C@@H]3C=CC[C@H]32)cc1. The predicted molar refractivity (Wildman–Crippen MR) is 131 cm³/mol. The van der Waals surface area contributed by atoms with E-state index in [4.69, 9.17) is 0 Å². The zero-order chi connectivity index (χ0) is 22.5. The normalized spacial score (nSPS) is 21.5. The second kappa shape index (κ2) is 7.82. The molecular formula is C27H28N2O2S. The highest BCUT2D eigenvalue weighted by atomic mass is 32.2. The predicted octanol–water partition coefficient (Wildman–Crippen LogP) is 6.24. The van der Waals surface area contributed by atoms with E-state index in [9.17, 15) is 8.42 Å². The molecule has 5 rings (SSSR count). The number of allylic oxidation sites excluding steroid dienone is 2. The number of nitrogens with one attached hydrogen (secondary N) is 2. The van der Waals surface area contributed by atoms with Crippen LogP contribution >= 0.6 is 0 Å². The maximum atomic E-state index is 13.2. The van der Waals surface area contributed by atoms with Gasteiger partial charge in [0.1, 0.15) is 0 Å². The first-order chi connectivity index (χ1) is 15.3. The number of hydrogen-bond acceptors (Lipinski definition) is 3. The van der Waals surface area contributed by atoms with E-state index >= 15 is 0 Å². The van der Waals surface area contributed by atoms with Crippen molar-refractivity contribution in [1.82, 2.24) is 0 Å². The summed E-state index contributed by atoms with van der Waals surface area (Å²) < 4.78 is 29.1. The van der Waals surface area contributed by atoms with E-state index in [1.165, 1.54) is 11.1 Å². The van der Waals surface area contributed by atoms with Gasteiger partial charge >= 0.3 is 0 Å². The number of rotatable bonds is 4. The Bertz CT molecular complexity index is 1310. The molecule has 0 fully saturated rings. The lowest BCUT2D eigenvalue weighted by atomic mass is 9.77. The van der Waals surface area contributed by atoms with Gasteiger partial charge in [-0.25, -0.2) is 8.42 Å². The van der Waals surface area contributed by atoms with Gasteiger partial charge in [-0.2, -0.15) is 0 Å². The Hall–Kier alpha value is -3.05. The highest BCUT2D eigenvalue weighted by Gasteiger charge is 2.38. The monoisotopic (exact) mass is 444 g/mol. The summed E-state index contributed by atoms with van der Waals surface area (Å²) >= 11 is 0. The van der Waals surface area contributed by atoms with Crippen LogP contribution in [0.15, 0.2) is 77.7 Å². The standard InChI is InChI=1S/C27H28N2O2S/c1-17-7-10-20(11-8-17)27-23-6-4-5-22(23)24-16-21(12-14-26(24)28-27)32(30,31)29-25-13-9-18(2)15-19(25)3/h4-5,7-16,22-23,27-29H,6H2,1-3H3/t22-,23-,27+/m1/s1. The van der Waals surface area contributed by atoms with Crippen molar-refractivity contribution in [2.75, 3.05) is 10.0 Å². The van der Waals surface area contributed by atoms with Crippen molar-refractivity contribution < 1.29 is 8.42 Å². The smallest absolute Gasteiger partial charge is 0.261 e. The lowest BCUT2D eigenvalue weighted by molar-refractivity contribution is 0.425. The molecule has 3 atom stereocenters. The number of benzene rings is 3. The third-order valence-electron chi connectivity index (χ3n) is 6.71. The topological polar surface area (TPSA) is 58.2 Å². The highest BCUT2D eigenvalue weighted by molar-refractivity contribution is 7.92. The van der Waals surface area contributed by atoms with Crippen LogP contribution in [-0.2, 0) is 10.0 Å². The maximum Gasteiger partial charge on any atom is 0.261 e. The molecule has 2 aliphatic rings. The van der Waals surface area contributed by atoms with Crippen LogP contribution in [0.5, 0.6) is 0 Å². The average molecular weight is 445 g/mol. The van der Waals surface area contributed by atoms with Gasteiger partial charge in [0.05, 0.1) is 16.6 Å². The van der Waals surface area contributed by atoms with Gasteiger partial charge in [-0.05, 0) is 74.1 Å². The Labute approximate surface area is 190 Å². The Morgan fingerprint density at radius 2 is 1.66 bits per heavy atom. The molecule has 3 aromatic rings. The molecule has 4 nitrogen and oxygen atoms in total. The lowest BCUT2D eigenvalue weighted by Crippen LogP contribution is -2.29. The van der Waals surface area contributed by atoms with Crippen molar-refractivity contribution in [2.45, 2.75) is 44.0 Å². The lowest BCUT2D eigenvalue weighted by Gasteiger charge is -2.37. The first-order valence-electron chi connectivity index (χ1n) is 11.1. The van der Waals surface area contributed by atoms with E-state index in [1.807, 2.05) is 44.2 Å². The van der Waals surface area contributed by atoms with Crippen molar-refractivity contribution in [3.05, 3.63) is 101 Å². The molecule has 0 aromatic heterocycles. The van der Waals surface area contributed by atoms with Gasteiger partial charge in [0.15, 0.2) is 0 Å². The van der Waals surface area contributed by atoms with E-state index in [2.05, 4.69) is 53.4 Å². The molecule has 2 N–H and O–H groups in total. The zero-order valence-electron chi connectivity index (χ0n) is 18.6. The summed E-state index contributed by atoms with van der Waals surface area (Å²) in [5.41, 5.74) is 7.21. The molecule has 0 amide bonds. The fourth-order valence-corrected chi connectivity index (χ4v) is 6.14. The molecule has 0 saturated heterocycles. The minimum atomic E-state index is -3.68. The molecule has 0 bridgehead atoms. The summed E-state index contributed by atoms with van der Waals surface area (Å²) in [6.45, 7) is 6.01. The van der Waals surface area contributed by atoms with E-state index in [1.54, 1.807) is 6.07 Å². The van der Waals surface area contributed by atoms with Crippen LogP contribution in [0.25, 0.3) is 0 Å². The van der Waals surface area contributed by atoms with Crippen molar-refractivity contribution in [1.29, 1.82) is 0 Å². The summed E-state index contributed by atoms with van der Waals surface area (Å²) in [7, 11) is -3.68. The van der Waals surface area contributed by atoms with Crippen LogP contribution in [0.3, 0.4) is 0 Å². The molecule has 5 heteroatoms. The van der Waals surface area contributed by atoms with Crippen LogP contribution in [0, 0.1) is 26.7 Å². The first-order valence-corrected chi connectivity index (χ1v) is 12.5. The van der Waals surface area contributed by atoms with Crippen LogP contribution in [0.1, 0.15) is 46.2 Å². The van der Waals surface area contributed by atoms with Gasteiger partial charge in [0.2, 0.25) is 0 Å². The molecule has 32 heavy (non-hydrogen) atoms. The van der Waals surface area contributed by atoms with Gasteiger partial charge in [-0.3, -0.25) is 4.72 Å². The van der Waals surface area contributed by atoms with Gasteiger partial charge in [-0.15, -0.1) is 0 Å². The third-order valence-corrected chi connectivity index (χ3v) is 8.07. The maximum absolute atomic E-state index is 13.2. The van der Waals surface area contributed by atoms with Crippen LogP contribution < -0.4 is 10.0 Å². The molecule has 164 valence electrons. The van der Waals surface area contributed by atoms with Crippen LogP contribution in [-0.4, -0.2) is 8.42 Å².